The molecule has 0 atom stereocenters. The molecule has 1 aromatic carbocycles. The van der Waals surface area contributed by atoms with E-state index >= 15 is 0 Å². The number of nitrogens with one attached hydrogen (secondary N) is 2. The zero-order chi connectivity index (χ0) is 14.8. The van der Waals surface area contributed by atoms with Crippen molar-refractivity contribution >= 4 is 23.1 Å². The highest BCUT2D eigenvalue weighted by Crippen LogP contribution is 2.25. The van der Waals surface area contributed by atoms with E-state index in [0.29, 0.717) is 17.8 Å². The average Bonchev–Trinajstić information content (AvgIpc) is 3.18. The summed E-state index contributed by atoms with van der Waals surface area (Å²) >= 11 is 0. The van der Waals surface area contributed by atoms with Crippen molar-refractivity contribution in [2.75, 3.05) is 28.6 Å². The fourth-order valence-corrected chi connectivity index (χ4v) is 2.71. The van der Waals surface area contributed by atoms with Gasteiger partial charge in [0.15, 0.2) is 5.82 Å². The van der Waals surface area contributed by atoms with Gasteiger partial charge in [0.05, 0.1) is 6.20 Å². The number of hydrogen-bond donors (Lipinski definition) is 2. The van der Waals surface area contributed by atoms with Crippen LogP contribution in [-0.4, -0.2) is 34.3 Å². The second-order valence-corrected chi connectivity index (χ2v) is 5.95. The third-order valence-electron chi connectivity index (χ3n) is 4.08. The summed E-state index contributed by atoms with van der Waals surface area (Å²) in [4.78, 5) is 6.87. The predicted molar refractivity (Wildman–Crippen MR) is 87.6 cm³/mol. The van der Waals surface area contributed by atoms with Gasteiger partial charge in [-0.3, -0.25) is 0 Å². The van der Waals surface area contributed by atoms with Crippen LogP contribution in [0.25, 0.3) is 0 Å². The first-order chi connectivity index (χ1) is 10.9. The van der Waals surface area contributed by atoms with Gasteiger partial charge in [-0.15, -0.1) is 5.10 Å². The molecule has 0 unspecified atom stereocenters. The van der Waals surface area contributed by atoms with Crippen LogP contribution in [0.2, 0.25) is 0 Å². The van der Waals surface area contributed by atoms with Crippen molar-refractivity contribution in [3.63, 3.8) is 0 Å². The van der Waals surface area contributed by atoms with Crippen LogP contribution >= 0.6 is 0 Å². The second-order valence-electron chi connectivity index (χ2n) is 5.95. The molecule has 1 saturated carbocycles. The fourth-order valence-electron chi connectivity index (χ4n) is 2.71. The van der Waals surface area contributed by atoms with Crippen LogP contribution in [0.15, 0.2) is 30.5 Å². The van der Waals surface area contributed by atoms with E-state index in [9.17, 15) is 0 Å². The molecule has 0 spiro atoms. The maximum atomic E-state index is 4.44. The van der Waals surface area contributed by atoms with Crippen molar-refractivity contribution in [2.24, 2.45) is 0 Å². The van der Waals surface area contributed by atoms with Gasteiger partial charge in [0.1, 0.15) is 0 Å². The van der Waals surface area contributed by atoms with Gasteiger partial charge in [-0.1, -0.05) is 0 Å². The van der Waals surface area contributed by atoms with Gasteiger partial charge in [0, 0.05) is 30.5 Å². The number of anilines is 4. The maximum absolute atomic E-state index is 4.44. The topological polar surface area (TPSA) is 66.0 Å². The molecule has 22 heavy (non-hydrogen) atoms. The van der Waals surface area contributed by atoms with Crippen LogP contribution in [0, 0.1) is 0 Å². The molecular formula is C16H20N6. The van der Waals surface area contributed by atoms with Crippen LogP contribution in [0.1, 0.15) is 25.7 Å². The number of rotatable bonds is 5. The second kappa shape index (κ2) is 5.79. The van der Waals surface area contributed by atoms with Crippen molar-refractivity contribution in [1.82, 2.24) is 15.2 Å². The first kappa shape index (κ1) is 13.3. The largest absolute Gasteiger partial charge is 0.372 e. The van der Waals surface area contributed by atoms with Gasteiger partial charge in [0.2, 0.25) is 5.95 Å². The lowest BCUT2D eigenvalue weighted by Crippen LogP contribution is -2.17. The van der Waals surface area contributed by atoms with Crippen LogP contribution in [0.5, 0.6) is 0 Å². The Labute approximate surface area is 130 Å². The molecule has 2 fully saturated rings. The highest BCUT2D eigenvalue weighted by Gasteiger charge is 2.22. The van der Waals surface area contributed by atoms with Crippen LogP contribution < -0.4 is 15.5 Å². The van der Waals surface area contributed by atoms with Gasteiger partial charge in [0.25, 0.3) is 0 Å². The van der Waals surface area contributed by atoms with E-state index in [-0.39, 0.29) is 0 Å². The van der Waals surface area contributed by atoms with Crippen LogP contribution in [0.3, 0.4) is 0 Å². The molecule has 1 aliphatic carbocycles. The zero-order valence-electron chi connectivity index (χ0n) is 12.5. The molecular weight excluding hydrogens is 276 g/mol. The highest BCUT2D eigenvalue weighted by molar-refractivity contribution is 5.61. The monoisotopic (exact) mass is 296 g/mol. The zero-order valence-corrected chi connectivity index (χ0v) is 12.5. The van der Waals surface area contributed by atoms with Crippen LogP contribution in [-0.2, 0) is 0 Å². The first-order valence-electron chi connectivity index (χ1n) is 7.95. The van der Waals surface area contributed by atoms with Crippen molar-refractivity contribution in [3.05, 3.63) is 30.5 Å². The standard InChI is InChI=1S/C16H20N6/c1-2-10-22(9-1)14-7-5-12(6-8-14)18-15-11-17-21-16(20-15)19-13-3-4-13/h5-8,11,13H,1-4,9-10H2,(H2,18,19,20,21). The van der Waals surface area contributed by atoms with Crippen molar-refractivity contribution < 1.29 is 0 Å². The molecule has 0 amide bonds. The smallest absolute Gasteiger partial charge is 0.244 e. The minimum absolute atomic E-state index is 0.525. The third kappa shape index (κ3) is 3.10. The van der Waals surface area contributed by atoms with E-state index in [0.717, 1.165) is 5.69 Å². The Balaban J connectivity index is 1.43. The SMILES string of the molecule is c1cc(N2CCCC2)ccc1Nc1cnnc(NC2CC2)n1. The molecule has 0 radical (unpaired) electrons. The molecule has 2 N–H and O–H groups in total. The third-order valence-corrected chi connectivity index (χ3v) is 4.08. The Kier molecular flexibility index (Phi) is 3.50. The summed E-state index contributed by atoms with van der Waals surface area (Å²) in [5.74, 6) is 1.31. The lowest BCUT2D eigenvalue weighted by Gasteiger charge is -2.17. The van der Waals surface area contributed by atoms with Crippen LogP contribution in [0.4, 0.5) is 23.1 Å². The fraction of sp³-hybridized carbons (Fsp3) is 0.438. The highest BCUT2D eigenvalue weighted by atomic mass is 15.3. The molecule has 114 valence electrons. The molecule has 6 nitrogen and oxygen atoms in total. The minimum Gasteiger partial charge on any atom is -0.372 e. The molecule has 1 aliphatic heterocycles. The molecule has 2 aliphatic rings. The van der Waals surface area contributed by atoms with E-state index in [1.165, 1.54) is 44.5 Å². The Hall–Kier alpha value is -2.37. The van der Waals surface area contributed by atoms with Crippen molar-refractivity contribution in [2.45, 2.75) is 31.7 Å². The summed E-state index contributed by atoms with van der Waals surface area (Å²) in [6.07, 6.45) is 6.62. The molecule has 2 aromatic rings. The Bertz CT molecular complexity index is 631. The van der Waals surface area contributed by atoms with E-state index in [2.05, 4.69) is 55.0 Å². The van der Waals surface area contributed by atoms with E-state index < -0.39 is 0 Å². The number of benzene rings is 1. The quantitative estimate of drug-likeness (QED) is 0.884. The summed E-state index contributed by atoms with van der Waals surface area (Å²) in [5.41, 5.74) is 2.31. The predicted octanol–water partition coefficient (Wildman–Crippen LogP) is 2.79. The molecule has 4 rings (SSSR count). The van der Waals surface area contributed by atoms with Gasteiger partial charge in [-0.05, 0) is 49.9 Å². The lowest BCUT2D eigenvalue weighted by atomic mass is 10.2. The maximum Gasteiger partial charge on any atom is 0.244 e. The molecule has 2 heterocycles. The summed E-state index contributed by atoms with van der Waals surface area (Å²) < 4.78 is 0. The first-order valence-corrected chi connectivity index (χ1v) is 7.95. The lowest BCUT2D eigenvalue weighted by molar-refractivity contribution is 0.947. The summed E-state index contributed by atoms with van der Waals surface area (Å²) in [6.45, 7) is 2.33. The molecule has 1 saturated heterocycles. The van der Waals surface area contributed by atoms with Crippen molar-refractivity contribution in [3.8, 4) is 0 Å². The van der Waals surface area contributed by atoms with E-state index in [4.69, 9.17) is 0 Å². The summed E-state index contributed by atoms with van der Waals surface area (Å²) in [6, 6.07) is 9.02. The van der Waals surface area contributed by atoms with E-state index in [1.807, 2.05) is 0 Å². The summed E-state index contributed by atoms with van der Waals surface area (Å²) in [7, 11) is 0. The van der Waals surface area contributed by atoms with Crippen molar-refractivity contribution in [1.29, 1.82) is 0 Å². The van der Waals surface area contributed by atoms with Gasteiger partial charge < -0.3 is 15.5 Å². The Morgan fingerprint density at radius 2 is 1.82 bits per heavy atom. The minimum atomic E-state index is 0.525. The normalized spacial score (nSPS) is 17.5. The number of nitrogens with zero attached hydrogens (tertiary/aromatic N) is 4. The number of aromatic nitrogens is 3. The summed E-state index contributed by atoms with van der Waals surface area (Å²) in [5, 5.41) is 14.5. The van der Waals surface area contributed by atoms with E-state index in [1.54, 1.807) is 6.20 Å². The number of hydrogen-bond acceptors (Lipinski definition) is 6. The molecule has 1 aromatic heterocycles. The molecule has 6 heteroatoms. The average molecular weight is 296 g/mol. The Morgan fingerprint density at radius 3 is 2.55 bits per heavy atom. The van der Waals surface area contributed by atoms with Gasteiger partial charge in [-0.25, -0.2) is 0 Å². The molecule has 0 bridgehead atoms. The Morgan fingerprint density at radius 1 is 1.05 bits per heavy atom. The van der Waals surface area contributed by atoms with Gasteiger partial charge >= 0.3 is 0 Å². The van der Waals surface area contributed by atoms with Gasteiger partial charge in [-0.2, -0.15) is 10.1 Å².